The first-order chi connectivity index (χ1) is 7.54. The van der Waals surface area contributed by atoms with E-state index in [1.54, 1.807) is 6.92 Å². The molecule has 0 aromatic carbocycles. The number of amides is 1. The molecule has 1 heterocycles. The van der Waals surface area contributed by atoms with Gasteiger partial charge in [0.2, 0.25) is 0 Å². The van der Waals surface area contributed by atoms with Gasteiger partial charge in [-0.25, -0.2) is 4.98 Å². The quantitative estimate of drug-likeness (QED) is 0.314. The summed E-state index contributed by atoms with van der Waals surface area (Å²) >= 11 is 0. The van der Waals surface area contributed by atoms with Crippen LogP contribution in [0.4, 0.5) is 0 Å². The maximum Gasteiger partial charge on any atom is 0.274 e. The number of carbonyl (C=O) groups is 1. The van der Waals surface area contributed by atoms with Crippen molar-refractivity contribution in [1.29, 1.82) is 0 Å². The summed E-state index contributed by atoms with van der Waals surface area (Å²) < 4.78 is 0. The number of nitrogens with zero attached hydrogens (tertiary/aromatic N) is 4. The Morgan fingerprint density at radius 3 is 2.75 bits per heavy atom. The van der Waals surface area contributed by atoms with E-state index in [-0.39, 0.29) is 24.0 Å². The normalized spacial score (nSPS) is 11.2. The van der Waals surface area contributed by atoms with Crippen molar-refractivity contribution in [1.82, 2.24) is 14.9 Å². The van der Waals surface area contributed by atoms with Crippen molar-refractivity contribution in [3.8, 4) is 0 Å². The molecule has 0 radical (unpaired) electrons. The summed E-state index contributed by atoms with van der Waals surface area (Å²) in [5.74, 6) is -0.380. The Morgan fingerprint density at radius 2 is 2.25 bits per heavy atom. The van der Waals surface area contributed by atoms with E-state index in [1.165, 1.54) is 24.3 Å². The average Bonchev–Trinajstić information content (AvgIpc) is 2.28. The van der Waals surface area contributed by atoms with Gasteiger partial charge in [0.1, 0.15) is 5.69 Å². The van der Waals surface area contributed by atoms with Crippen molar-refractivity contribution in [3.63, 3.8) is 0 Å². The molecule has 0 fully saturated rings. The van der Waals surface area contributed by atoms with Gasteiger partial charge in [0.05, 0.1) is 18.4 Å². The van der Waals surface area contributed by atoms with Gasteiger partial charge in [0.15, 0.2) is 5.84 Å². The number of amidine groups is 1. The van der Waals surface area contributed by atoms with Gasteiger partial charge in [-0.1, -0.05) is 5.16 Å². The van der Waals surface area contributed by atoms with Crippen LogP contribution in [0.2, 0.25) is 0 Å². The Kier molecular flexibility index (Phi) is 3.76. The van der Waals surface area contributed by atoms with Crippen LogP contribution in [-0.2, 0) is 0 Å². The molecule has 0 aliphatic rings. The van der Waals surface area contributed by atoms with Gasteiger partial charge < -0.3 is 15.8 Å². The predicted octanol–water partition coefficient (Wildman–Crippen LogP) is -0.397. The predicted molar refractivity (Wildman–Crippen MR) is 57.1 cm³/mol. The van der Waals surface area contributed by atoms with Crippen LogP contribution in [0.3, 0.4) is 0 Å². The third kappa shape index (κ3) is 2.91. The third-order valence-corrected chi connectivity index (χ3v) is 1.87. The largest absolute Gasteiger partial charge is 0.409 e. The van der Waals surface area contributed by atoms with E-state index in [0.717, 1.165) is 5.69 Å². The Bertz CT molecular complexity index is 401. The monoisotopic (exact) mass is 223 g/mol. The molecule has 86 valence electrons. The summed E-state index contributed by atoms with van der Waals surface area (Å²) in [5, 5.41) is 11.2. The minimum atomic E-state index is -0.334. The van der Waals surface area contributed by atoms with Gasteiger partial charge in [-0.2, -0.15) is 0 Å². The van der Waals surface area contributed by atoms with Crippen LogP contribution < -0.4 is 5.73 Å². The zero-order valence-corrected chi connectivity index (χ0v) is 9.08. The van der Waals surface area contributed by atoms with Crippen LogP contribution in [0.1, 0.15) is 16.2 Å². The summed E-state index contributed by atoms with van der Waals surface area (Å²) in [5.41, 5.74) is 6.24. The molecule has 1 rings (SSSR count). The highest BCUT2D eigenvalue weighted by atomic mass is 16.4. The molecular weight excluding hydrogens is 210 g/mol. The molecule has 0 saturated heterocycles. The molecule has 0 saturated carbocycles. The van der Waals surface area contributed by atoms with Gasteiger partial charge in [-0.3, -0.25) is 9.78 Å². The lowest BCUT2D eigenvalue weighted by Gasteiger charge is -2.15. The lowest BCUT2D eigenvalue weighted by molar-refractivity contribution is 0.0807. The zero-order chi connectivity index (χ0) is 12.1. The SMILES string of the molecule is Cc1cnc(C(=O)N(C)CC(N)=NO)cn1. The maximum absolute atomic E-state index is 11.7. The second kappa shape index (κ2) is 5.06. The van der Waals surface area contributed by atoms with Crippen LogP contribution in [0.5, 0.6) is 0 Å². The number of likely N-dealkylation sites (N-methyl/N-ethyl adjacent to an activating group) is 1. The van der Waals surface area contributed by atoms with Crippen LogP contribution in [-0.4, -0.2) is 45.4 Å². The summed E-state index contributed by atoms with van der Waals surface area (Å²) in [4.78, 5) is 20.9. The molecule has 16 heavy (non-hydrogen) atoms. The number of aromatic nitrogens is 2. The first-order valence-electron chi connectivity index (χ1n) is 4.55. The fourth-order valence-corrected chi connectivity index (χ4v) is 1.04. The molecular formula is C9H13N5O2. The van der Waals surface area contributed by atoms with Crippen LogP contribution in [0, 0.1) is 6.92 Å². The van der Waals surface area contributed by atoms with E-state index in [2.05, 4.69) is 15.1 Å². The summed E-state index contributed by atoms with van der Waals surface area (Å²) in [6.45, 7) is 1.81. The zero-order valence-electron chi connectivity index (χ0n) is 9.08. The van der Waals surface area contributed by atoms with Crippen molar-refractivity contribution < 1.29 is 10.0 Å². The molecule has 0 unspecified atom stereocenters. The summed E-state index contributed by atoms with van der Waals surface area (Å²) in [7, 11) is 1.53. The molecule has 7 heteroatoms. The van der Waals surface area contributed by atoms with Crippen molar-refractivity contribution in [3.05, 3.63) is 23.8 Å². The molecule has 0 aliphatic carbocycles. The average molecular weight is 223 g/mol. The van der Waals surface area contributed by atoms with Gasteiger partial charge in [0, 0.05) is 13.2 Å². The first kappa shape index (κ1) is 11.9. The number of hydrogen-bond donors (Lipinski definition) is 2. The standard InChI is InChI=1S/C9H13N5O2/c1-6-3-12-7(4-11-6)9(15)14(2)5-8(10)13-16/h3-4,16H,5H2,1-2H3,(H2,10,13). The molecule has 7 nitrogen and oxygen atoms in total. The second-order valence-corrected chi connectivity index (χ2v) is 3.30. The Morgan fingerprint density at radius 1 is 1.56 bits per heavy atom. The highest BCUT2D eigenvalue weighted by molar-refractivity contribution is 5.95. The smallest absolute Gasteiger partial charge is 0.274 e. The molecule has 3 N–H and O–H groups in total. The maximum atomic E-state index is 11.7. The van der Waals surface area contributed by atoms with Crippen LogP contribution in [0.15, 0.2) is 17.5 Å². The summed E-state index contributed by atoms with van der Waals surface area (Å²) in [6, 6.07) is 0. The first-order valence-corrected chi connectivity index (χ1v) is 4.55. The lowest BCUT2D eigenvalue weighted by Crippen LogP contribution is -2.36. The van der Waals surface area contributed by atoms with E-state index in [1.807, 2.05) is 0 Å². The molecule has 0 spiro atoms. The minimum Gasteiger partial charge on any atom is -0.409 e. The minimum absolute atomic E-state index is 0.0326. The van der Waals surface area contributed by atoms with Crippen molar-refractivity contribution in [2.45, 2.75) is 6.92 Å². The molecule has 0 atom stereocenters. The van der Waals surface area contributed by atoms with Crippen molar-refractivity contribution in [2.75, 3.05) is 13.6 Å². The van der Waals surface area contributed by atoms with E-state index >= 15 is 0 Å². The van der Waals surface area contributed by atoms with Gasteiger partial charge in [-0.05, 0) is 6.92 Å². The fourth-order valence-electron chi connectivity index (χ4n) is 1.04. The van der Waals surface area contributed by atoms with Gasteiger partial charge in [-0.15, -0.1) is 0 Å². The van der Waals surface area contributed by atoms with Gasteiger partial charge >= 0.3 is 0 Å². The van der Waals surface area contributed by atoms with Crippen LogP contribution >= 0.6 is 0 Å². The van der Waals surface area contributed by atoms with Crippen molar-refractivity contribution in [2.24, 2.45) is 10.9 Å². The van der Waals surface area contributed by atoms with E-state index in [4.69, 9.17) is 10.9 Å². The number of rotatable bonds is 3. The Balaban J connectivity index is 2.74. The molecule has 1 aromatic rings. The topological polar surface area (TPSA) is 105 Å². The molecule has 1 amide bonds. The molecule has 1 aromatic heterocycles. The number of hydrogen-bond acceptors (Lipinski definition) is 5. The van der Waals surface area contributed by atoms with Gasteiger partial charge in [0.25, 0.3) is 5.91 Å². The number of carbonyl (C=O) groups excluding carboxylic acids is 1. The fraction of sp³-hybridized carbons (Fsp3) is 0.333. The van der Waals surface area contributed by atoms with Crippen molar-refractivity contribution >= 4 is 11.7 Å². The van der Waals surface area contributed by atoms with Crippen LogP contribution in [0.25, 0.3) is 0 Å². The third-order valence-electron chi connectivity index (χ3n) is 1.87. The Hall–Kier alpha value is -2.18. The molecule has 0 aliphatic heterocycles. The molecule has 0 bridgehead atoms. The highest BCUT2D eigenvalue weighted by Gasteiger charge is 2.14. The summed E-state index contributed by atoms with van der Waals surface area (Å²) in [6.07, 6.45) is 2.89. The second-order valence-electron chi connectivity index (χ2n) is 3.30. The van der Waals surface area contributed by atoms with E-state index in [0.29, 0.717) is 0 Å². The number of nitrogens with two attached hydrogens (primary N) is 1. The number of aryl methyl sites for hydroxylation is 1. The Labute approximate surface area is 92.6 Å². The highest BCUT2D eigenvalue weighted by Crippen LogP contribution is 1.98. The van der Waals surface area contributed by atoms with E-state index < -0.39 is 0 Å². The lowest BCUT2D eigenvalue weighted by atomic mass is 10.3. The van der Waals surface area contributed by atoms with E-state index in [9.17, 15) is 4.79 Å². The number of oxime groups is 1.